The maximum Gasteiger partial charge on any atom is 0.282 e. The second kappa shape index (κ2) is 6.43. The van der Waals surface area contributed by atoms with Gasteiger partial charge in [0.1, 0.15) is 11.2 Å². The molecule has 1 fully saturated rings. The Bertz CT molecular complexity index is 1200. The third-order valence-corrected chi connectivity index (χ3v) is 5.53. The van der Waals surface area contributed by atoms with Crippen LogP contribution in [0.4, 0.5) is 5.82 Å². The van der Waals surface area contributed by atoms with Crippen LogP contribution in [0.5, 0.6) is 0 Å². The molecule has 0 spiro atoms. The summed E-state index contributed by atoms with van der Waals surface area (Å²) in [6.45, 7) is 0. The van der Waals surface area contributed by atoms with Crippen LogP contribution in [-0.4, -0.2) is 20.8 Å². The Morgan fingerprint density at radius 1 is 1.11 bits per heavy atom. The summed E-state index contributed by atoms with van der Waals surface area (Å²) in [5.41, 5.74) is 2.25. The Balaban J connectivity index is 1.79. The van der Waals surface area contributed by atoms with Crippen molar-refractivity contribution < 1.29 is 0 Å². The molecule has 2 heterocycles. The maximum atomic E-state index is 13.3. The van der Waals surface area contributed by atoms with Crippen molar-refractivity contribution in [3.8, 4) is 5.69 Å². The van der Waals surface area contributed by atoms with Crippen molar-refractivity contribution in [3.63, 3.8) is 0 Å². The Kier molecular flexibility index (Phi) is 3.90. The molecule has 136 valence electrons. The van der Waals surface area contributed by atoms with Gasteiger partial charge < -0.3 is 5.32 Å². The summed E-state index contributed by atoms with van der Waals surface area (Å²) in [6, 6.07) is 15.5. The number of rotatable bonds is 3. The lowest BCUT2D eigenvalue weighted by atomic mass is 10.1. The number of fused-ring (bicyclic) bond motifs is 3. The number of anilines is 1. The highest BCUT2D eigenvalue weighted by atomic mass is 35.5. The van der Waals surface area contributed by atoms with E-state index in [9.17, 15) is 4.79 Å². The van der Waals surface area contributed by atoms with Crippen LogP contribution in [0.3, 0.4) is 0 Å². The lowest BCUT2D eigenvalue weighted by Gasteiger charge is -2.13. The van der Waals surface area contributed by atoms with Gasteiger partial charge in [0.2, 0.25) is 0 Å². The first-order valence-electron chi connectivity index (χ1n) is 9.27. The average molecular weight is 379 g/mol. The van der Waals surface area contributed by atoms with Crippen LogP contribution in [0.2, 0.25) is 5.02 Å². The SMILES string of the molecule is O=c1c2c(NC3CCCC3)nc3ccccc3c2[nH]n1-c1cccc(Cl)c1. The van der Waals surface area contributed by atoms with Gasteiger partial charge >= 0.3 is 0 Å². The molecule has 4 aromatic rings. The number of halogens is 1. The summed E-state index contributed by atoms with van der Waals surface area (Å²) >= 11 is 6.13. The fourth-order valence-electron chi connectivity index (χ4n) is 3.98. The van der Waals surface area contributed by atoms with Crippen LogP contribution in [-0.2, 0) is 0 Å². The normalized spacial score (nSPS) is 15.0. The molecule has 1 aliphatic rings. The van der Waals surface area contributed by atoms with Gasteiger partial charge in [0, 0.05) is 16.5 Å². The van der Waals surface area contributed by atoms with Gasteiger partial charge in [-0.1, -0.05) is 48.7 Å². The molecule has 0 radical (unpaired) electrons. The minimum Gasteiger partial charge on any atom is -0.367 e. The molecule has 2 aromatic carbocycles. The number of hydrogen-bond acceptors (Lipinski definition) is 3. The molecular formula is C21H19ClN4O. The zero-order chi connectivity index (χ0) is 18.4. The first-order valence-corrected chi connectivity index (χ1v) is 9.64. The fraction of sp³-hybridized carbons (Fsp3) is 0.238. The van der Waals surface area contributed by atoms with E-state index in [2.05, 4.69) is 10.4 Å². The van der Waals surface area contributed by atoms with Crippen molar-refractivity contribution >= 4 is 39.2 Å². The van der Waals surface area contributed by atoms with Gasteiger partial charge in [-0.05, 0) is 37.1 Å². The van der Waals surface area contributed by atoms with Crippen molar-refractivity contribution in [2.24, 2.45) is 0 Å². The van der Waals surface area contributed by atoms with Gasteiger partial charge in [-0.2, -0.15) is 0 Å². The van der Waals surface area contributed by atoms with Crippen LogP contribution >= 0.6 is 11.6 Å². The van der Waals surface area contributed by atoms with Crippen LogP contribution in [0.15, 0.2) is 53.3 Å². The number of H-pyrrole nitrogens is 1. The largest absolute Gasteiger partial charge is 0.367 e. The highest BCUT2D eigenvalue weighted by Gasteiger charge is 2.21. The van der Waals surface area contributed by atoms with Gasteiger partial charge in [-0.25, -0.2) is 9.67 Å². The molecule has 1 saturated carbocycles. The number of nitrogens with one attached hydrogen (secondary N) is 2. The minimum absolute atomic E-state index is 0.119. The zero-order valence-electron chi connectivity index (χ0n) is 14.7. The molecule has 0 amide bonds. The number of aromatic nitrogens is 3. The van der Waals surface area contributed by atoms with Gasteiger partial charge in [0.15, 0.2) is 0 Å². The monoisotopic (exact) mass is 378 g/mol. The van der Waals surface area contributed by atoms with Crippen molar-refractivity contribution in [1.29, 1.82) is 0 Å². The molecular weight excluding hydrogens is 360 g/mol. The number of para-hydroxylation sites is 1. The van der Waals surface area contributed by atoms with Crippen molar-refractivity contribution in [2.75, 3.05) is 5.32 Å². The Hall–Kier alpha value is -2.79. The van der Waals surface area contributed by atoms with Crippen molar-refractivity contribution in [2.45, 2.75) is 31.7 Å². The molecule has 5 nitrogen and oxygen atoms in total. The van der Waals surface area contributed by atoms with E-state index >= 15 is 0 Å². The van der Waals surface area contributed by atoms with E-state index in [1.807, 2.05) is 36.4 Å². The van der Waals surface area contributed by atoms with Crippen LogP contribution in [0.1, 0.15) is 25.7 Å². The molecule has 1 aliphatic carbocycles. The Morgan fingerprint density at radius 2 is 1.93 bits per heavy atom. The first-order chi connectivity index (χ1) is 13.2. The van der Waals surface area contributed by atoms with E-state index in [-0.39, 0.29) is 5.56 Å². The molecule has 0 unspecified atom stereocenters. The standard InChI is InChI=1S/C21H19ClN4O/c22-13-6-5-9-15(12-13)26-21(27)18-19(25-26)16-10-3-4-11-17(16)24-20(18)23-14-7-1-2-8-14/h3-6,9-12,14,25H,1-2,7-8H2,(H,23,24). The molecule has 0 atom stereocenters. The van der Waals surface area contributed by atoms with E-state index in [1.54, 1.807) is 16.8 Å². The predicted molar refractivity (Wildman–Crippen MR) is 110 cm³/mol. The number of pyridine rings is 1. The second-order valence-corrected chi connectivity index (χ2v) is 7.52. The molecule has 27 heavy (non-hydrogen) atoms. The molecule has 2 aromatic heterocycles. The van der Waals surface area contributed by atoms with Crippen LogP contribution in [0.25, 0.3) is 27.5 Å². The highest BCUT2D eigenvalue weighted by molar-refractivity contribution is 6.30. The van der Waals surface area contributed by atoms with Gasteiger partial charge in [-0.3, -0.25) is 9.89 Å². The van der Waals surface area contributed by atoms with Gasteiger partial charge in [0.05, 0.1) is 16.7 Å². The van der Waals surface area contributed by atoms with E-state index in [1.165, 1.54) is 12.8 Å². The summed E-state index contributed by atoms with van der Waals surface area (Å²) in [5, 5.41) is 8.92. The molecule has 0 bridgehead atoms. The summed E-state index contributed by atoms with van der Waals surface area (Å²) < 4.78 is 1.55. The molecule has 0 saturated heterocycles. The first kappa shape index (κ1) is 16.4. The number of aromatic amines is 1. The number of hydrogen-bond donors (Lipinski definition) is 2. The number of benzene rings is 2. The summed E-state index contributed by atoms with van der Waals surface area (Å²) in [6.07, 6.45) is 4.66. The quantitative estimate of drug-likeness (QED) is 0.534. The molecule has 6 heteroatoms. The van der Waals surface area contributed by atoms with Gasteiger partial charge in [0.25, 0.3) is 5.56 Å². The molecule has 0 aliphatic heterocycles. The topological polar surface area (TPSA) is 62.7 Å². The Labute approximate surface area is 161 Å². The highest BCUT2D eigenvalue weighted by Crippen LogP contribution is 2.29. The molecule has 5 rings (SSSR count). The maximum absolute atomic E-state index is 13.3. The van der Waals surface area contributed by atoms with Crippen LogP contribution in [0, 0.1) is 0 Å². The lowest BCUT2D eigenvalue weighted by Crippen LogP contribution is -2.19. The number of nitrogens with zero attached hydrogens (tertiary/aromatic N) is 2. The average Bonchev–Trinajstić information content (AvgIpc) is 3.30. The van der Waals surface area contributed by atoms with Crippen molar-refractivity contribution in [3.05, 3.63) is 63.9 Å². The third kappa shape index (κ3) is 2.79. The van der Waals surface area contributed by atoms with Crippen LogP contribution < -0.4 is 10.9 Å². The van der Waals surface area contributed by atoms with E-state index in [0.717, 1.165) is 29.3 Å². The van der Waals surface area contributed by atoms with Crippen molar-refractivity contribution in [1.82, 2.24) is 14.8 Å². The summed E-state index contributed by atoms with van der Waals surface area (Å²) in [7, 11) is 0. The van der Waals surface area contributed by atoms with Gasteiger partial charge in [-0.15, -0.1) is 0 Å². The van der Waals surface area contributed by atoms with E-state index in [0.29, 0.717) is 28.0 Å². The predicted octanol–water partition coefficient (Wildman–Crippen LogP) is 4.87. The van der Waals surface area contributed by atoms with E-state index in [4.69, 9.17) is 16.6 Å². The third-order valence-electron chi connectivity index (χ3n) is 5.30. The lowest BCUT2D eigenvalue weighted by molar-refractivity contribution is 0.752. The fourth-order valence-corrected chi connectivity index (χ4v) is 4.16. The second-order valence-electron chi connectivity index (χ2n) is 7.09. The molecule has 2 N–H and O–H groups in total. The van der Waals surface area contributed by atoms with E-state index < -0.39 is 0 Å². The smallest absolute Gasteiger partial charge is 0.282 e. The summed E-state index contributed by atoms with van der Waals surface area (Å²) in [4.78, 5) is 18.1. The Morgan fingerprint density at radius 3 is 2.74 bits per heavy atom. The summed E-state index contributed by atoms with van der Waals surface area (Å²) in [5.74, 6) is 0.664. The zero-order valence-corrected chi connectivity index (χ0v) is 15.5. The minimum atomic E-state index is -0.119.